The van der Waals surface area contributed by atoms with E-state index in [2.05, 4.69) is 4.90 Å². The van der Waals surface area contributed by atoms with Crippen LogP contribution in [-0.2, 0) is 4.79 Å². The van der Waals surface area contributed by atoms with Crippen molar-refractivity contribution in [1.29, 1.82) is 0 Å². The summed E-state index contributed by atoms with van der Waals surface area (Å²) >= 11 is 11.9. The van der Waals surface area contributed by atoms with Crippen molar-refractivity contribution in [2.75, 3.05) is 20.6 Å². The van der Waals surface area contributed by atoms with E-state index in [0.29, 0.717) is 10.0 Å². The fraction of sp³-hybridized carbons (Fsp3) is 0.400. The predicted octanol–water partition coefficient (Wildman–Crippen LogP) is 4.34. The quantitative estimate of drug-likeness (QED) is 0.766. The number of nitrogens with zero attached hydrogens (tertiary/aromatic N) is 1. The van der Waals surface area contributed by atoms with E-state index in [-0.39, 0.29) is 24.1 Å². The largest absolute Gasteiger partial charge is 0.309 e. The molecule has 20 heavy (non-hydrogen) atoms. The highest BCUT2D eigenvalue weighted by Gasteiger charge is 2.29. The van der Waals surface area contributed by atoms with Crippen LogP contribution in [-0.4, -0.2) is 31.3 Å². The van der Waals surface area contributed by atoms with Gasteiger partial charge in [-0.1, -0.05) is 29.3 Å². The number of benzene rings is 1. The van der Waals surface area contributed by atoms with Crippen LogP contribution in [0.3, 0.4) is 0 Å². The number of rotatable bonds is 3. The smallest absolute Gasteiger partial charge is 0.163 e. The van der Waals surface area contributed by atoms with E-state index in [1.165, 1.54) is 0 Å². The zero-order chi connectivity index (χ0) is 14.0. The third-order valence-corrected chi connectivity index (χ3v) is 4.06. The van der Waals surface area contributed by atoms with E-state index in [1.54, 1.807) is 12.1 Å². The van der Waals surface area contributed by atoms with E-state index in [9.17, 15) is 4.79 Å². The lowest BCUT2D eigenvalue weighted by Crippen LogP contribution is -2.24. The fourth-order valence-corrected chi connectivity index (χ4v) is 2.71. The highest BCUT2D eigenvalue weighted by molar-refractivity contribution is 6.42. The van der Waals surface area contributed by atoms with E-state index >= 15 is 0 Å². The first kappa shape index (κ1) is 17.5. The molecule has 1 aliphatic rings. The normalized spacial score (nSPS) is 20.6. The van der Waals surface area contributed by atoms with Crippen LogP contribution in [0.1, 0.15) is 18.4 Å². The van der Waals surface area contributed by atoms with Crippen LogP contribution in [0.2, 0.25) is 10.0 Å². The zero-order valence-corrected chi connectivity index (χ0v) is 13.9. The Labute approximate surface area is 136 Å². The van der Waals surface area contributed by atoms with Gasteiger partial charge in [-0.05, 0) is 56.3 Å². The monoisotopic (exact) mass is 333 g/mol. The Hall–Kier alpha value is -0.540. The molecule has 110 valence electrons. The number of hydrogen-bond acceptors (Lipinski definition) is 2. The summed E-state index contributed by atoms with van der Waals surface area (Å²) in [4.78, 5) is 14.3. The fourth-order valence-electron chi connectivity index (χ4n) is 2.41. The van der Waals surface area contributed by atoms with Gasteiger partial charge in [-0.25, -0.2) is 0 Å². The third kappa shape index (κ3) is 4.23. The van der Waals surface area contributed by atoms with Crippen LogP contribution in [0.4, 0.5) is 0 Å². The molecule has 1 aromatic carbocycles. The molecule has 1 aromatic rings. The standard InChI is InChI=1S/C15H17Cl2NO.ClH/c1-18(2)9-12-5-4-11(15(12)19)7-10-3-6-13(16)14(17)8-10;/h3,6-8,12H,4-5,9H2,1-2H3;1H. The Morgan fingerprint density at radius 3 is 2.60 bits per heavy atom. The van der Waals surface area contributed by atoms with Gasteiger partial charge in [0, 0.05) is 12.5 Å². The average molecular weight is 335 g/mol. The van der Waals surface area contributed by atoms with E-state index < -0.39 is 0 Å². The number of halogens is 3. The summed E-state index contributed by atoms with van der Waals surface area (Å²) in [6.45, 7) is 0.817. The van der Waals surface area contributed by atoms with Crippen molar-refractivity contribution in [3.8, 4) is 0 Å². The molecule has 1 atom stereocenters. The third-order valence-electron chi connectivity index (χ3n) is 3.32. The molecule has 0 aromatic heterocycles. The van der Waals surface area contributed by atoms with Gasteiger partial charge in [-0.3, -0.25) is 4.79 Å². The molecule has 0 saturated heterocycles. The first-order valence-electron chi connectivity index (χ1n) is 6.32. The number of ketones is 1. The van der Waals surface area contributed by atoms with Gasteiger partial charge >= 0.3 is 0 Å². The van der Waals surface area contributed by atoms with Gasteiger partial charge in [-0.2, -0.15) is 0 Å². The lowest BCUT2D eigenvalue weighted by molar-refractivity contribution is -0.118. The Bertz CT molecular complexity index is 526. The van der Waals surface area contributed by atoms with E-state index in [0.717, 1.165) is 30.5 Å². The molecule has 1 saturated carbocycles. The maximum absolute atomic E-state index is 12.2. The summed E-state index contributed by atoms with van der Waals surface area (Å²) < 4.78 is 0. The molecule has 0 aliphatic heterocycles. The highest BCUT2D eigenvalue weighted by Crippen LogP contribution is 2.30. The summed E-state index contributed by atoms with van der Waals surface area (Å²) in [6.07, 6.45) is 3.71. The molecule has 1 unspecified atom stereocenters. The number of carbonyl (C=O) groups excluding carboxylic acids is 1. The Kier molecular flexibility index (Phi) is 6.53. The average Bonchev–Trinajstić information content (AvgIpc) is 2.66. The van der Waals surface area contributed by atoms with E-state index in [1.807, 2.05) is 26.2 Å². The van der Waals surface area contributed by atoms with Crippen molar-refractivity contribution in [3.63, 3.8) is 0 Å². The van der Waals surface area contributed by atoms with Gasteiger partial charge in [0.2, 0.25) is 0 Å². The van der Waals surface area contributed by atoms with Crippen molar-refractivity contribution < 1.29 is 4.79 Å². The van der Waals surface area contributed by atoms with Gasteiger partial charge in [-0.15, -0.1) is 12.4 Å². The second-order valence-electron chi connectivity index (χ2n) is 5.21. The van der Waals surface area contributed by atoms with Crippen LogP contribution in [0, 0.1) is 5.92 Å². The molecule has 0 bridgehead atoms. The Balaban J connectivity index is 0.00000200. The van der Waals surface area contributed by atoms with Crippen molar-refractivity contribution in [2.24, 2.45) is 5.92 Å². The molecular weight excluding hydrogens is 317 g/mol. The van der Waals surface area contributed by atoms with Gasteiger partial charge in [0.25, 0.3) is 0 Å². The highest BCUT2D eigenvalue weighted by atomic mass is 35.5. The molecule has 2 nitrogen and oxygen atoms in total. The lowest BCUT2D eigenvalue weighted by Gasteiger charge is -2.13. The molecule has 0 amide bonds. The Morgan fingerprint density at radius 2 is 2.00 bits per heavy atom. The van der Waals surface area contributed by atoms with Crippen molar-refractivity contribution in [3.05, 3.63) is 39.4 Å². The van der Waals surface area contributed by atoms with Crippen LogP contribution in [0.15, 0.2) is 23.8 Å². The molecule has 0 heterocycles. The summed E-state index contributed by atoms with van der Waals surface area (Å²) in [7, 11) is 3.99. The van der Waals surface area contributed by atoms with Gasteiger partial charge in [0.05, 0.1) is 10.0 Å². The van der Waals surface area contributed by atoms with Crippen molar-refractivity contribution in [1.82, 2.24) is 4.90 Å². The zero-order valence-electron chi connectivity index (χ0n) is 11.5. The summed E-state index contributed by atoms with van der Waals surface area (Å²) in [5.41, 5.74) is 1.83. The Morgan fingerprint density at radius 1 is 1.30 bits per heavy atom. The van der Waals surface area contributed by atoms with Crippen molar-refractivity contribution in [2.45, 2.75) is 12.8 Å². The minimum Gasteiger partial charge on any atom is -0.309 e. The summed E-state index contributed by atoms with van der Waals surface area (Å²) in [6, 6.07) is 5.43. The molecule has 1 fully saturated rings. The molecule has 0 radical (unpaired) electrons. The maximum atomic E-state index is 12.2. The number of allylic oxidation sites excluding steroid dienone is 1. The predicted molar refractivity (Wildman–Crippen MR) is 88.0 cm³/mol. The molecular formula is C15H18Cl3NO. The van der Waals surface area contributed by atoms with Crippen LogP contribution in [0.25, 0.3) is 6.08 Å². The van der Waals surface area contributed by atoms with Crippen LogP contribution >= 0.6 is 35.6 Å². The van der Waals surface area contributed by atoms with Gasteiger partial charge in [0.15, 0.2) is 5.78 Å². The molecule has 0 N–H and O–H groups in total. The number of hydrogen-bond donors (Lipinski definition) is 0. The number of carbonyl (C=O) groups is 1. The molecule has 1 aliphatic carbocycles. The first-order chi connectivity index (χ1) is 8.97. The minimum absolute atomic E-state index is 0. The first-order valence-corrected chi connectivity index (χ1v) is 7.07. The molecule has 0 spiro atoms. The van der Waals surface area contributed by atoms with Crippen LogP contribution in [0.5, 0.6) is 0 Å². The summed E-state index contributed by atoms with van der Waals surface area (Å²) in [5, 5.41) is 1.05. The van der Waals surface area contributed by atoms with Gasteiger partial charge in [0.1, 0.15) is 0 Å². The second kappa shape index (κ2) is 7.46. The maximum Gasteiger partial charge on any atom is 0.163 e. The number of Topliss-reactive ketones (excluding diaryl/α,β-unsaturated/α-hetero) is 1. The molecule has 5 heteroatoms. The van der Waals surface area contributed by atoms with Crippen LogP contribution < -0.4 is 0 Å². The lowest BCUT2D eigenvalue weighted by atomic mass is 10.0. The summed E-state index contributed by atoms with van der Waals surface area (Å²) in [5.74, 6) is 0.392. The topological polar surface area (TPSA) is 20.3 Å². The van der Waals surface area contributed by atoms with E-state index in [4.69, 9.17) is 23.2 Å². The molecule has 2 rings (SSSR count). The second-order valence-corrected chi connectivity index (χ2v) is 6.02. The minimum atomic E-state index is 0. The van der Waals surface area contributed by atoms with Gasteiger partial charge < -0.3 is 4.90 Å². The van der Waals surface area contributed by atoms with Crippen molar-refractivity contribution >= 4 is 47.5 Å². The SMILES string of the molecule is CN(C)CC1CCC(=Cc2ccc(Cl)c(Cl)c2)C1=O.Cl.